The fourth-order valence-electron chi connectivity index (χ4n) is 1.28. The maximum atomic E-state index is 10.8. The van der Waals surface area contributed by atoms with E-state index < -0.39 is 0 Å². The zero-order chi connectivity index (χ0) is 10.7. The second-order valence-electron chi connectivity index (χ2n) is 3.11. The molecule has 0 saturated carbocycles. The zero-order valence-electron chi connectivity index (χ0n) is 8.29. The first-order valence-corrected chi connectivity index (χ1v) is 4.50. The van der Waals surface area contributed by atoms with Gasteiger partial charge in [0.25, 0.3) is 0 Å². The lowest BCUT2D eigenvalue weighted by atomic mass is 10.6. The molecule has 0 spiro atoms. The molecular formula is C9H11N5O. The predicted octanol–water partition coefficient (Wildman–Crippen LogP) is 0.0784. The minimum atomic E-state index is -0.0966. The SMILES string of the molecule is CC(=O)NN1C=CN(c2cnccn2)C1. The summed E-state index contributed by atoms with van der Waals surface area (Å²) in [5, 5.41) is 1.68. The number of carbonyl (C=O) groups is 1. The van der Waals surface area contributed by atoms with E-state index in [4.69, 9.17) is 0 Å². The van der Waals surface area contributed by atoms with Gasteiger partial charge in [-0.05, 0) is 0 Å². The summed E-state index contributed by atoms with van der Waals surface area (Å²) in [5.41, 5.74) is 2.66. The highest BCUT2D eigenvalue weighted by Crippen LogP contribution is 2.13. The van der Waals surface area contributed by atoms with Crippen molar-refractivity contribution in [2.75, 3.05) is 11.6 Å². The Kier molecular flexibility index (Phi) is 2.49. The summed E-state index contributed by atoms with van der Waals surface area (Å²) in [6, 6.07) is 0. The van der Waals surface area contributed by atoms with Crippen LogP contribution in [0.2, 0.25) is 0 Å². The normalized spacial score (nSPS) is 14.5. The summed E-state index contributed by atoms with van der Waals surface area (Å²) in [6.07, 6.45) is 8.52. The molecule has 1 aromatic rings. The lowest BCUT2D eigenvalue weighted by molar-refractivity contribution is -0.122. The standard InChI is InChI=1S/C9H11N5O/c1-8(15)12-14-5-4-13(7-14)9-6-10-2-3-11-9/h2-6H,7H2,1H3,(H,12,15). The Morgan fingerprint density at radius 3 is 3.00 bits per heavy atom. The van der Waals surface area contributed by atoms with Crippen LogP contribution in [-0.4, -0.2) is 27.6 Å². The summed E-state index contributed by atoms with van der Waals surface area (Å²) in [4.78, 5) is 20.8. The summed E-state index contributed by atoms with van der Waals surface area (Å²) in [6.45, 7) is 2.01. The van der Waals surface area contributed by atoms with Gasteiger partial charge in [-0.15, -0.1) is 0 Å². The maximum absolute atomic E-state index is 10.8. The molecule has 1 N–H and O–H groups in total. The first-order chi connectivity index (χ1) is 7.25. The van der Waals surface area contributed by atoms with E-state index in [0.29, 0.717) is 6.67 Å². The molecule has 0 aromatic carbocycles. The van der Waals surface area contributed by atoms with Gasteiger partial charge in [-0.3, -0.25) is 20.2 Å². The first-order valence-electron chi connectivity index (χ1n) is 4.50. The van der Waals surface area contributed by atoms with Crippen LogP contribution in [0.5, 0.6) is 0 Å². The Balaban J connectivity index is 2.00. The number of carbonyl (C=O) groups excluding carboxylic acids is 1. The van der Waals surface area contributed by atoms with Gasteiger partial charge < -0.3 is 4.90 Å². The van der Waals surface area contributed by atoms with Crippen LogP contribution in [0.4, 0.5) is 5.82 Å². The van der Waals surface area contributed by atoms with Crippen molar-refractivity contribution < 1.29 is 4.79 Å². The molecule has 0 aliphatic carbocycles. The lowest BCUT2D eigenvalue weighted by Crippen LogP contribution is -2.39. The van der Waals surface area contributed by atoms with Gasteiger partial charge in [0, 0.05) is 31.7 Å². The van der Waals surface area contributed by atoms with Crippen molar-refractivity contribution in [1.29, 1.82) is 0 Å². The van der Waals surface area contributed by atoms with Gasteiger partial charge in [-0.1, -0.05) is 0 Å². The predicted molar refractivity (Wildman–Crippen MR) is 54.2 cm³/mol. The molecule has 0 atom stereocenters. The first kappa shape index (κ1) is 9.45. The van der Waals surface area contributed by atoms with Gasteiger partial charge in [-0.2, -0.15) is 0 Å². The molecule has 15 heavy (non-hydrogen) atoms. The van der Waals surface area contributed by atoms with Crippen molar-refractivity contribution in [3.05, 3.63) is 31.0 Å². The van der Waals surface area contributed by atoms with Crippen molar-refractivity contribution in [1.82, 2.24) is 20.4 Å². The van der Waals surface area contributed by atoms with Gasteiger partial charge >= 0.3 is 0 Å². The van der Waals surface area contributed by atoms with Crippen molar-refractivity contribution in [2.24, 2.45) is 0 Å². The van der Waals surface area contributed by atoms with E-state index in [-0.39, 0.29) is 5.91 Å². The third-order valence-corrected chi connectivity index (χ3v) is 1.88. The van der Waals surface area contributed by atoms with E-state index in [1.807, 2.05) is 11.1 Å². The molecule has 78 valence electrons. The van der Waals surface area contributed by atoms with Crippen LogP contribution >= 0.6 is 0 Å². The Bertz CT molecular complexity index is 377. The second kappa shape index (κ2) is 3.95. The molecule has 0 bridgehead atoms. The third kappa shape index (κ3) is 2.22. The maximum Gasteiger partial charge on any atom is 0.235 e. The Hall–Kier alpha value is -2.11. The number of hydrogen-bond donors (Lipinski definition) is 1. The van der Waals surface area contributed by atoms with E-state index in [0.717, 1.165) is 5.82 Å². The third-order valence-electron chi connectivity index (χ3n) is 1.88. The molecule has 0 fully saturated rings. The Morgan fingerprint density at radius 2 is 2.33 bits per heavy atom. The second-order valence-corrected chi connectivity index (χ2v) is 3.11. The molecule has 1 amide bonds. The number of aromatic nitrogens is 2. The largest absolute Gasteiger partial charge is 0.310 e. The van der Waals surface area contributed by atoms with Crippen LogP contribution in [0, 0.1) is 0 Å². The molecule has 2 rings (SSSR count). The van der Waals surface area contributed by atoms with Crippen LogP contribution in [0.15, 0.2) is 31.0 Å². The summed E-state index contributed by atoms with van der Waals surface area (Å²) >= 11 is 0. The molecule has 0 unspecified atom stereocenters. The van der Waals surface area contributed by atoms with Crippen LogP contribution in [-0.2, 0) is 4.79 Å². The fraction of sp³-hybridized carbons (Fsp3) is 0.222. The van der Waals surface area contributed by atoms with Crippen molar-refractivity contribution in [3.8, 4) is 0 Å². The van der Waals surface area contributed by atoms with Gasteiger partial charge in [0.15, 0.2) is 5.82 Å². The minimum Gasteiger partial charge on any atom is -0.310 e. The number of amides is 1. The van der Waals surface area contributed by atoms with Crippen LogP contribution < -0.4 is 10.3 Å². The number of anilines is 1. The highest BCUT2D eigenvalue weighted by molar-refractivity contribution is 5.72. The molecule has 6 heteroatoms. The van der Waals surface area contributed by atoms with Crippen molar-refractivity contribution in [3.63, 3.8) is 0 Å². The average Bonchev–Trinajstić information content (AvgIpc) is 2.67. The molecule has 1 aliphatic rings. The minimum absolute atomic E-state index is 0.0966. The number of hydrogen-bond acceptors (Lipinski definition) is 5. The van der Waals surface area contributed by atoms with E-state index in [9.17, 15) is 4.79 Å². The van der Waals surface area contributed by atoms with Crippen molar-refractivity contribution in [2.45, 2.75) is 6.92 Å². The number of hydrazine groups is 1. The van der Waals surface area contributed by atoms with E-state index >= 15 is 0 Å². The highest BCUT2D eigenvalue weighted by atomic mass is 16.2. The molecule has 1 aliphatic heterocycles. The van der Waals surface area contributed by atoms with Gasteiger partial charge in [-0.25, -0.2) is 4.98 Å². The van der Waals surface area contributed by atoms with Crippen molar-refractivity contribution >= 4 is 11.7 Å². The van der Waals surface area contributed by atoms with Crippen LogP contribution in [0.3, 0.4) is 0 Å². The molecule has 6 nitrogen and oxygen atoms in total. The Morgan fingerprint density at radius 1 is 1.47 bits per heavy atom. The topological polar surface area (TPSA) is 61.4 Å². The van der Waals surface area contributed by atoms with E-state index in [1.54, 1.807) is 29.8 Å². The zero-order valence-corrected chi connectivity index (χ0v) is 8.29. The molecule has 2 heterocycles. The number of nitrogens with zero attached hydrogens (tertiary/aromatic N) is 4. The molecular weight excluding hydrogens is 194 g/mol. The lowest BCUT2D eigenvalue weighted by Gasteiger charge is -2.19. The molecule has 0 saturated heterocycles. The van der Waals surface area contributed by atoms with E-state index in [2.05, 4.69) is 15.4 Å². The Labute approximate surface area is 87.2 Å². The van der Waals surface area contributed by atoms with E-state index in [1.165, 1.54) is 6.92 Å². The van der Waals surface area contributed by atoms with Gasteiger partial charge in [0.2, 0.25) is 5.91 Å². The highest BCUT2D eigenvalue weighted by Gasteiger charge is 2.14. The molecule has 0 radical (unpaired) electrons. The fourth-order valence-corrected chi connectivity index (χ4v) is 1.28. The summed E-state index contributed by atoms with van der Waals surface area (Å²) in [7, 11) is 0. The smallest absolute Gasteiger partial charge is 0.235 e. The average molecular weight is 205 g/mol. The number of nitrogens with one attached hydrogen (secondary N) is 1. The monoisotopic (exact) mass is 205 g/mol. The van der Waals surface area contributed by atoms with Gasteiger partial charge in [0.1, 0.15) is 6.67 Å². The van der Waals surface area contributed by atoms with Crippen LogP contribution in [0.25, 0.3) is 0 Å². The van der Waals surface area contributed by atoms with Gasteiger partial charge in [0.05, 0.1) is 6.20 Å². The van der Waals surface area contributed by atoms with Crippen LogP contribution in [0.1, 0.15) is 6.92 Å². The quantitative estimate of drug-likeness (QED) is 0.740. The number of rotatable bonds is 2. The summed E-state index contributed by atoms with van der Waals surface area (Å²) in [5.74, 6) is 0.655. The molecule has 1 aromatic heterocycles. The summed E-state index contributed by atoms with van der Waals surface area (Å²) < 4.78 is 0.